The molecule has 0 bridgehead atoms. The van der Waals surface area contributed by atoms with Gasteiger partial charge in [-0.1, -0.05) is 36.4 Å². The Hall–Kier alpha value is -3.45. The summed E-state index contributed by atoms with van der Waals surface area (Å²) in [5.74, 6) is -0.863. The predicted molar refractivity (Wildman–Crippen MR) is 112 cm³/mol. The molecule has 0 aliphatic carbocycles. The minimum absolute atomic E-state index is 0.125. The number of rotatable bonds is 7. The summed E-state index contributed by atoms with van der Waals surface area (Å²) in [6.07, 6.45) is 0. The molecular weight excluding hydrogens is 388 g/mol. The molecule has 3 aromatic rings. The van der Waals surface area contributed by atoms with Crippen molar-refractivity contribution in [3.63, 3.8) is 0 Å². The van der Waals surface area contributed by atoms with E-state index in [2.05, 4.69) is 10.6 Å². The van der Waals surface area contributed by atoms with E-state index in [0.717, 1.165) is 10.4 Å². The summed E-state index contributed by atoms with van der Waals surface area (Å²) in [6.45, 7) is 2.01. The number of nitrogens with one attached hydrogen (secondary N) is 2. The summed E-state index contributed by atoms with van der Waals surface area (Å²) >= 11 is 1.30. The highest BCUT2D eigenvalue weighted by molar-refractivity contribution is 7.14. The van der Waals surface area contributed by atoms with Crippen LogP contribution >= 0.6 is 11.3 Å². The molecule has 3 rings (SSSR count). The van der Waals surface area contributed by atoms with Crippen LogP contribution < -0.4 is 10.6 Å². The Balaban J connectivity index is 1.59. The maximum atomic E-state index is 12.5. The Bertz CT molecular complexity index is 1010. The molecular formula is C22H20N2O4S. The van der Waals surface area contributed by atoms with Gasteiger partial charge in [-0.2, -0.15) is 0 Å². The number of carbonyl (C=O) groups is 3. The molecule has 2 N–H and O–H groups in total. The molecule has 1 aromatic heterocycles. The largest absolute Gasteiger partial charge is 0.457 e. The maximum Gasteiger partial charge on any atom is 0.338 e. The summed E-state index contributed by atoms with van der Waals surface area (Å²) in [5, 5.41) is 5.48. The molecule has 0 aliphatic rings. The highest BCUT2D eigenvalue weighted by atomic mass is 32.1. The molecule has 0 aliphatic heterocycles. The van der Waals surface area contributed by atoms with E-state index in [4.69, 9.17) is 4.74 Å². The molecule has 6 nitrogen and oxygen atoms in total. The van der Waals surface area contributed by atoms with Crippen molar-refractivity contribution < 1.29 is 19.1 Å². The fraction of sp³-hybridized carbons (Fsp3) is 0.136. The highest BCUT2D eigenvalue weighted by Crippen LogP contribution is 2.19. The monoisotopic (exact) mass is 408 g/mol. The Morgan fingerprint density at radius 2 is 1.76 bits per heavy atom. The number of hydrogen-bond acceptors (Lipinski definition) is 5. The first-order valence-corrected chi connectivity index (χ1v) is 9.78. The van der Waals surface area contributed by atoms with Gasteiger partial charge in [-0.3, -0.25) is 9.59 Å². The predicted octanol–water partition coefficient (Wildman–Crippen LogP) is 3.99. The van der Waals surface area contributed by atoms with Crippen molar-refractivity contribution in [2.45, 2.75) is 20.1 Å². The summed E-state index contributed by atoms with van der Waals surface area (Å²) in [7, 11) is 0. The molecule has 0 fully saturated rings. The molecule has 0 spiro atoms. The summed E-state index contributed by atoms with van der Waals surface area (Å²) in [4.78, 5) is 37.1. The fourth-order valence-corrected chi connectivity index (χ4v) is 3.37. The number of amides is 2. The van der Waals surface area contributed by atoms with Gasteiger partial charge in [0.15, 0.2) is 0 Å². The van der Waals surface area contributed by atoms with Crippen LogP contribution in [0.25, 0.3) is 0 Å². The van der Waals surface area contributed by atoms with Crippen LogP contribution in [0.2, 0.25) is 0 Å². The van der Waals surface area contributed by atoms with E-state index in [1.807, 2.05) is 30.3 Å². The molecule has 0 saturated carbocycles. The van der Waals surface area contributed by atoms with Crippen molar-refractivity contribution in [2.24, 2.45) is 0 Å². The van der Waals surface area contributed by atoms with Crippen molar-refractivity contribution in [3.8, 4) is 0 Å². The lowest BCUT2D eigenvalue weighted by atomic mass is 10.2. The zero-order chi connectivity index (χ0) is 20.6. The lowest BCUT2D eigenvalue weighted by Gasteiger charge is -2.08. The number of hydrogen-bond donors (Lipinski definition) is 2. The molecule has 0 unspecified atom stereocenters. The normalized spacial score (nSPS) is 10.2. The van der Waals surface area contributed by atoms with Crippen molar-refractivity contribution in [3.05, 3.63) is 87.6 Å². The minimum Gasteiger partial charge on any atom is -0.457 e. The molecule has 148 valence electrons. The van der Waals surface area contributed by atoms with Crippen LogP contribution in [0.1, 0.15) is 37.4 Å². The first kappa shape index (κ1) is 20.3. The fourth-order valence-electron chi connectivity index (χ4n) is 2.53. The van der Waals surface area contributed by atoms with Crippen LogP contribution in [0.3, 0.4) is 0 Å². The van der Waals surface area contributed by atoms with E-state index < -0.39 is 5.97 Å². The van der Waals surface area contributed by atoms with Gasteiger partial charge in [0.1, 0.15) is 6.61 Å². The molecule has 2 aromatic carbocycles. The Kier molecular flexibility index (Phi) is 6.76. The van der Waals surface area contributed by atoms with Gasteiger partial charge < -0.3 is 15.4 Å². The van der Waals surface area contributed by atoms with Crippen LogP contribution in [0.4, 0.5) is 5.69 Å². The van der Waals surface area contributed by atoms with Gasteiger partial charge in [0.2, 0.25) is 5.91 Å². The lowest BCUT2D eigenvalue weighted by molar-refractivity contribution is -0.119. The number of carbonyl (C=O) groups excluding carboxylic acids is 3. The number of benzene rings is 2. The van der Waals surface area contributed by atoms with E-state index in [1.54, 1.807) is 36.4 Å². The van der Waals surface area contributed by atoms with E-state index in [-0.39, 0.29) is 18.4 Å². The second-order valence-corrected chi connectivity index (χ2v) is 7.44. The van der Waals surface area contributed by atoms with Gasteiger partial charge in [0, 0.05) is 17.5 Å². The third kappa shape index (κ3) is 6.02. The molecule has 0 atom stereocenters. The topological polar surface area (TPSA) is 84.5 Å². The minimum atomic E-state index is -0.460. The summed E-state index contributed by atoms with van der Waals surface area (Å²) in [5.41, 5.74) is 1.76. The zero-order valence-corrected chi connectivity index (χ0v) is 16.6. The first-order valence-electron chi connectivity index (χ1n) is 8.97. The summed E-state index contributed by atoms with van der Waals surface area (Å²) in [6, 6.07) is 19.5. The van der Waals surface area contributed by atoms with E-state index in [9.17, 15) is 14.4 Å². The lowest BCUT2D eigenvalue weighted by Crippen LogP contribution is -2.18. The first-order chi connectivity index (χ1) is 14.0. The van der Waals surface area contributed by atoms with Crippen LogP contribution in [-0.2, 0) is 22.7 Å². The van der Waals surface area contributed by atoms with Crippen LogP contribution in [0.5, 0.6) is 0 Å². The number of esters is 1. The zero-order valence-electron chi connectivity index (χ0n) is 15.8. The van der Waals surface area contributed by atoms with Gasteiger partial charge in [-0.25, -0.2) is 4.79 Å². The highest BCUT2D eigenvalue weighted by Gasteiger charge is 2.12. The summed E-state index contributed by atoms with van der Waals surface area (Å²) < 4.78 is 5.32. The molecule has 7 heteroatoms. The third-order valence-electron chi connectivity index (χ3n) is 3.97. The standard InChI is InChI=1S/C22H20N2O4S/c1-15(25)23-13-19-10-11-20(29-19)21(26)24-18-9-5-8-17(12-18)22(27)28-14-16-6-3-2-4-7-16/h2-12H,13-14H2,1H3,(H,23,25)(H,24,26). The van der Waals surface area contributed by atoms with E-state index in [0.29, 0.717) is 22.7 Å². The van der Waals surface area contributed by atoms with Crippen molar-refractivity contribution in [1.29, 1.82) is 0 Å². The van der Waals surface area contributed by atoms with Gasteiger partial charge >= 0.3 is 5.97 Å². The smallest absolute Gasteiger partial charge is 0.338 e. The van der Waals surface area contributed by atoms with Gasteiger partial charge in [0.25, 0.3) is 5.91 Å². The van der Waals surface area contributed by atoms with E-state index in [1.165, 1.54) is 18.3 Å². The Labute approximate surface area is 172 Å². The van der Waals surface area contributed by atoms with Gasteiger partial charge in [-0.05, 0) is 35.9 Å². The van der Waals surface area contributed by atoms with E-state index >= 15 is 0 Å². The number of ether oxygens (including phenoxy) is 1. The second kappa shape index (κ2) is 9.66. The van der Waals surface area contributed by atoms with Gasteiger partial charge in [0.05, 0.1) is 17.0 Å². The molecule has 2 amide bonds. The quantitative estimate of drug-likeness (QED) is 0.579. The molecule has 0 radical (unpaired) electrons. The van der Waals surface area contributed by atoms with Crippen molar-refractivity contribution >= 4 is 34.8 Å². The number of thiophene rings is 1. The Morgan fingerprint density at radius 3 is 2.52 bits per heavy atom. The maximum absolute atomic E-state index is 12.5. The second-order valence-electron chi connectivity index (χ2n) is 6.27. The van der Waals surface area contributed by atoms with Crippen LogP contribution in [-0.4, -0.2) is 17.8 Å². The van der Waals surface area contributed by atoms with Crippen LogP contribution in [0.15, 0.2) is 66.7 Å². The van der Waals surface area contributed by atoms with Crippen LogP contribution in [0, 0.1) is 0 Å². The SMILES string of the molecule is CC(=O)NCc1ccc(C(=O)Nc2cccc(C(=O)OCc3ccccc3)c2)s1. The van der Waals surface area contributed by atoms with Crippen molar-refractivity contribution in [2.75, 3.05) is 5.32 Å². The number of anilines is 1. The molecule has 0 saturated heterocycles. The average Bonchev–Trinajstić information content (AvgIpc) is 3.21. The molecule has 1 heterocycles. The Morgan fingerprint density at radius 1 is 0.966 bits per heavy atom. The molecule has 29 heavy (non-hydrogen) atoms. The third-order valence-corrected chi connectivity index (χ3v) is 5.05. The average molecular weight is 408 g/mol. The van der Waals surface area contributed by atoms with Gasteiger partial charge in [-0.15, -0.1) is 11.3 Å². The van der Waals surface area contributed by atoms with Crippen molar-refractivity contribution in [1.82, 2.24) is 5.32 Å².